The summed E-state index contributed by atoms with van der Waals surface area (Å²) in [5, 5.41) is 16.5. The van der Waals surface area contributed by atoms with Gasteiger partial charge in [-0.3, -0.25) is 0 Å². The Morgan fingerprint density at radius 3 is 2.64 bits per heavy atom. The number of aliphatic hydroxyl groups excluding tert-OH is 1. The summed E-state index contributed by atoms with van der Waals surface area (Å²) in [6, 6.07) is -0.199. The van der Waals surface area contributed by atoms with E-state index in [0.717, 1.165) is 6.54 Å². The van der Waals surface area contributed by atoms with Crippen molar-refractivity contribution in [1.29, 1.82) is 0 Å². The number of urea groups is 1. The highest BCUT2D eigenvalue weighted by atomic mass is 16.5. The highest BCUT2D eigenvalue weighted by Gasteiger charge is 2.36. The van der Waals surface area contributed by atoms with Crippen molar-refractivity contribution in [3.05, 3.63) is 0 Å². The molecule has 0 aromatic heterocycles. The van der Waals surface area contributed by atoms with Crippen LogP contribution in [0.15, 0.2) is 0 Å². The fourth-order valence-electron chi connectivity index (χ4n) is 2.55. The first-order valence-corrected chi connectivity index (χ1v) is 8.00. The largest absolute Gasteiger partial charge is 0.389 e. The quantitative estimate of drug-likeness (QED) is 0.669. The van der Waals surface area contributed by atoms with E-state index in [1.54, 1.807) is 4.90 Å². The number of rotatable bonds is 4. The number of morpholine rings is 1. The topological polar surface area (TPSA) is 83.1 Å². The van der Waals surface area contributed by atoms with Crippen LogP contribution in [0.5, 0.6) is 0 Å². The standard InChI is InChI=1S/C15H29N3O4/c1-15(2,3)10-17-11-9-22-12(13(11)19)8-16-14(20)18-4-6-21-7-5-18/h11-13,17,19H,4-10H2,1-3H3,(H,16,20)/t11-,12-,13+/m1/s1. The number of carbonyl (C=O) groups is 1. The van der Waals surface area contributed by atoms with Crippen molar-refractivity contribution in [2.24, 2.45) is 5.41 Å². The number of ether oxygens (including phenoxy) is 2. The molecule has 2 aliphatic heterocycles. The zero-order valence-corrected chi connectivity index (χ0v) is 13.8. The van der Waals surface area contributed by atoms with E-state index in [1.807, 2.05) is 0 Å². The molecule has 0 aromatic rings. The Kier molecular flexibility index (Phi) is 6.02. The monoisotopic (exact) mass is 315 g/mol. The summed E-state index contributed by atoms with van der Waals surface area (Å²) >= 11 is 0. The van der Waals surface area contributed by atoms with Gasteiger partial charge in [0.15, 0.2) is 0 Å². The fraction of sp³-hybridized carbons (Fsp3) is 0.933. The molecule has 128 valence electrons. The SMILES string of the molecule is CC(C)(C)CN[C@@H]1CO[C@H](CNC(=O)N2CCOCC2)[C@H]1O. The molecule has 0 saturated carbocycles. The fourth-order valence-corrected chi connectivity index (χ4v) is 2.55. The summed E-state index contributed by atoms with van der Waals surface area (Å²) in [4.78, 5) is 13.7. The lowest BCUT2D eigenvalue weighted by atomic mass is 9.96. The molecule has 3 atom stereocenters. The van der Waals surface area contributed by atoms with Gasteiger partial charge in [0, 0.05) is 26.2 Å². The van der Waals surface area contributed by atoms with E-state index in [2.05, 4.69) is 31.4 Å². The number of carbonyl (C=O) groups excluding carboxylic acids is 1. The Morgan fingerprint density at radius 1 is 1.32 bits per heavy atom. The normalized spacial score (nSPS) is 29.6. The molecule has 2 fully saturated rings. The van der Waals surface area contributed by atoms with E-state index in [-0.39, 0.29) is 23.6 Å². The van der Waals surface area contributed by atoms with Crippen LogP contribution in [-0.4, -0.2) is 80.3 Å². The van der Waals surface area contributed by atoms with Crippen molar-refractivity contribution >= 4 is 6.03 Å². The molecular weight excluding hydrogens is 286 g/mol. The van der Waals surface area contributed by atoms with Crippen LogP contribution in [-0.2, 0) is 9.47 Å². The zero-order chi connectivity index (χ0) is 16.2. The molecule has 7 heteroatoms. The maximum Gasteiger partial charge on any atom is 0.317 e. The minimum atomic E-state index is -0.604. The third-order valence-corrected chi connectivity index (χ3v) is 3.93. The molecular formula is C15H29N3O4. The predicted octanol–water partition coefficient (Wildman–Crippen LogP) is -0.208. The van der Waals surface area contributed by atoms with E-state index < -0.39 is 6.10 Å². The number of amides is 2. The number of aliphatic hydroxyl groups is 1. The molecule has 0 radical (unpaired) electrons. The van der Waals surface area contributed by atoms with Gasteiger partial charge in [0.25, 0.3) is 0 Å². The number of nitrogens with one attached hydrogen (secondary N) is 2. The van der Waals surface area contributed by atoms with Crippen LogP contribution in [0.2, 0.25) is 0 Å². The molecule has 0 aliphatic carbocycles. The van der Waals surface area contributed by atoms with Gasteiger partial charge < -0.3 is 30.1 Å². The predicted molar refractivity (Wildman–Crippen MR) is 82.8 cm³/mol. The minimum Gasteiger partial charge on any atom is -0.389 e. The van der Waals surface area contributed by atoms with Crippen molar-refractivity contribution in [3.8, 4) is 0 Å². The minimum absolute atomic E-state index is 0.0792. The van der Waals surface area contributed by atoms with Crippen LogP contribution in [0.3, 0.4) is 0 Å². The number of hydrogen-bond acceptors (Lipinski definition) is 5. The van der Waals surface area contributed by atoms with Crippen molar-refractivity contribution in [1.82, 2.24) is 15.5 Å². The van der Waals surface area contributed by atoms with E-state index in [4.69, 9.17) is 9.47 Å². The van der Waals surface area contributed by atoms with Crippen LogP contribution in [0.25, 0.3) is 0 Å². The first-order chi connectivity index (χ1) is 10.4. The summed E-state index contributed by atoms with van der Waals surface area (Å²) in [5.74, 6) is 0. The van der Waals surface area contributed by atoms with Gasteiger partial charge in [0.05, 0.1) is 32.0 Å². The van der Waals surface area contributed by atoms with Gasteiger partial charge in [-0.1, -0.05) is 20.8 Å². The molecule has 0 aromatic carbocycles. The van der Waals surface area contributed by atoms with Crippen molar-refractivity contribution in [3.63, 3.8) is 0 Å². The molecule has 0 spiro atoms. The maximum atomic E-state index is 12.0. The molecule has 2 amide bonds. The highest BCUT2D eigenvalue weighted by molar-refractivity contribution is 5.74. The summed E-state index contributed by atoms with van der Waals surface area (Å²) in [7, 11) is 0. The second kappa shape index (κ2) is 7.59. The summed E-state index contributed by atoms with van der Waals surface area (Å²) in [6.07, 6.45) is -0.963. The Hall–Kier alpha value is -0.890. The van der Waals surface area contributed by atoms with Gasteiger partial charge in [-0.15, -0.1) is 0 Å². The molecule has 3 N–H and O–H groups in total. The van der Waals surface area contributed by atoms with Gasteiger partial charge in [0.2, 0.25) is 0 Å². The molecule has 7 nitrogen and oxygen atoms in total. The van der Waals surface area contributed by atoms with Crippen molar-refractivity contribution in [2.75, 3.05) is 46.0 Å². The molecule has 0 unspecified atom stereocenters. The van der Waals surface area contributed by atoms with Crippen LogP contribution in [0.4, 0.5) is 4.79 Å². The summed E-state index contributed by atoms with van der Waals surface area (Å²) in [5.41, 5.74) is 0.155. The molecule has 2 saturated heterocycles. The number of nitrogens with zero attached hydrogens (tertiary/aromatic N) is 1. The average Bonchev–Trinajstić information content (AvgIpc) is 2.83. The molecule has 2 rings (SSSR count). The van der Waals surface area contributed by atoms with Crippen molar-refractivity contribution < 1.29 is 19.4 Å². The van der Waals surface area contributed by atoms with Gasteiger partial charge in [0.1, 0.15) is 6.10 Å². The number of hydrogen-bond donors (Lipinski definition) is 3. The Bertz CT molecular complexity index is 366. The lowest BCUT2D eigenvalue weighted by Gasteiger charge is -2.28. The van der Waals surface area contributed by atoms with Crippen LogP contribution < -0.4 is 10.6 Å². The van der Waals surface area contributed by atoms with Gasteiger partial charge in [-0.25, -0.2) is 4.79 Å². The van der Waals surface area contributed by atoms with Gasteiger partial charge in [-0.2, -0.15) is 0 Å². The summed E-state index contributed by atoms with van der Waals surface area (Å²) in [6.45, 7) is 10.4. The Labute approximate surface area is 132 Å². The smallest absolute Gasteiger partial charge is 0.317 e. The Morgan fingerprint density at radius 2 is 2.00 bits per heavy atom. The lowest BCUT2D eigenvalue weighted by Crippen LogP contribution is -2.50. The van der Waals surface area contributed by atoms with Crippen LogP contribution >= 0.6 is 0 Å². The third-order valence-electron chi connectivity index (χ3n) is 3.93. The maximum absolute atomic E-state index is 12.0. The second-order valence-corrected chi connectivity index (χ2v) is 7.20. The lowest BCUT2D eigenvalue weighted by molar-refractivity contribution is 0.0358. The van der Waals surface area contributed by atoms with E-state index in [0.29, 0.717) is 39.5 Å². The third kappa shape index (κ3) is 5.08. The second-order valence-electron chi connectivity index (χ2n) is 7.20. The molecule has 22 heavy (non-hydrogen) atoms. The van der Waals surface area contributed by atoms with Gasteiger partial charge >= 0.3 is 6.03 Å². The van der Waals surface area contributed by atoms with E-state index in [1.165, 1.54) is 0 Å². The van der Waals surface area contributed by atoms with Crippen LogP contribution in [0, 0.1) is 5.41 Å². The van der Waals surface area contributed by atoms with Crippen molar-refractivity contribution in [2.45, 2.75) is 39.0 Å². The van der Waals surface area contributed by atoms with Gasteiger partial charge in [-0.05, 0) is 5.41 Å². The molecule has 0 bridgehead atoms. The average molecular weight is 315 g/mol. The van der Waals surface area contributed by atoms with Crippen LogP contribution in [0.1, 0.15) is 20.8 Å². The zero-order valence-electron chi connectivity index (χ0n) is 13.8. The first-order valence-electron chi connectivity index (χ1n) is 8.00. The first kappa shape index (κ1) is 17.5. The highest BCUT2D eigenvalue weighted by Crippen LogP contribution is 2.17. The summed E-state index contributed by atoms with van der Waals surface area (Å²) < 4.78 is 10.8. The molecule has 2 heterocycles. The van der Waals surface area contributed by atoms with E-state index in [9.17, 15) is 9.90 Å². The molecule has 2 aliphatic rings. The van der Waals surface area contributed by atoms with E-state index >= 15 is 0 Å². The Balaban J connectivity index is 1.71.